The Kier molecular flexibility index (Phi) is 6.45. The predicted molar refractivity (Wildman–Crippen MR) is 123 cm³/mol. The quantitative estimate of drug-likeness (QED) is 0.532. The number of hydrogen-bond donors (Lipinski definition) is 2. The molecule has 1 aliphatic carbocycles. The van der Waals surface area contributed by atoms with Crippen LogP contribution >= 0.6 is 11.3 Å². The van der Waals surface area contributed by atoms with Crippen molar-refractivity contribution in [3.05, 3.63) is 62.4 Å². The second-order valence-corrected chi connectivity index (χ2v) is 8.49. The van der Waals surface area contributed by atoms with Gasteiger partial charge in [-0.1, -0.05) is 12.1 Å². The van der Waals surface area contributed by atoms with Crippen LogP contribution in [0.3, 0.4) is 0 Å². The average Bonchev–Trinajstić information content (AvgIpc) is 3.17. The molecule has 4 rings (SSSR count). The van der Waals surface area contributed by atoms with Gasteiger partial charge in [0.2, 0.25) is 0 Å². The van der Waals surface area contributed by atoms with Crippen molar-refractivity contribution < 1.29 is 24.2 Å². The van der Waals surface area contributed by atoms with Crippen molar-refractivity contribution in [2.24, 2.45) is 0 Å². The summed E-state index contributed by atoms with van der Waals surface area (Å²) in [6.45, 7) is 1.93. The third-order valence-electron chi connectivity index (χ3n) is 5.32. The first kappa shape index (κ1) is 22.5. The lowest BCUT2D eigenvalue weighted by molar-refractivity contribution is 0.0526. The fourth-order valence-electron chi connectivity index (χ4n) is 3.82. The van der Waals surface area contributed by atoms with E-state index in [4.69, 9.17) is 9.47 Å². The third-order valence-corrected chi connectivity index (χ3v) is 6.53. The van der Waals surface area contributed by atoms with Gasteiger partial charge in [0.25, 0.3) is 11.5 Å². The van der Waals surface area contributed by atoms with E-state index in [1.807, 2.05) is 0 Å². The maximum Gasteiger partial charge on any atom is 0.341 e. The van der Waals surface area contributed by atoms with E-state index in [2.05, 4.69) is 10.4 Å². The molecule has 10 heteroatoms. The van der Waals surface area contributed by atoms with Crippen molar-refractivity contribution in [2.45, 2.75) is 32.6 Å². The van der Waals surface area contributed by atoms with E-state index in [0.29, 0.717) is 22.0 Å². The number of amides is 1. The lowest BCUT2D eigenvalue weighted by Gasteiger charge is -2.13. The highest BCUT2D eigenvalue weighted by Gasteiger charge is 2.28. The number of benzene rings is 1. The van der Waals surface area contributed by atoms with Crippen molar-refractivity contribution >= 4 is 28.2 Å². The van der Waals surface area contributed by atoms with Crippen molar-refractivity contribution in [1.29, 1.82) is 0 Å². The summed E-state index contributed by atoms with van der Waals surface area (Å²) >= 11 is 1.32. The number of aromatic hydroxyl groups is 1. The molecule has 1 aromatic carbocycles. The second kappa shape index (κ2) is 9.45. The summed E-state index contributed by atoms with van der Waals surface area (Å²) in [7, 11) is 1.45. The van der Waals surface area contributed by atoms with Gasteiger partial charge in [-0.05, 0) is 50.3 Å². The number of fused-ring (bicyclic) bond motifs is 1. The number of nitrogens with one attached hydrogen (secondary N) is 1. The van der Waals surface area contributed by atoms with Gasteiger partial charge >= 0.3 is 5.97 Å². The van der Waals surface area contributed by atoms with Crippen molar-refractivity contribution in [2.75, 3.05) is 19.0 Å². The van der Waals surface area contributed by atoms with Gasteiger partial charge in [-0.3, -0.25) is 9.59 Å². The van der Waals surface area contributed by atoms with Crippen LogP contribution in [0.15, 0.2) is 35.1 Å². The van der Waals surface area contributed by atoms with Crippen molar-refractivity contribution in [3.63, 3.8) is 0 Å². The molecule has 0 spiro atoms. The standard InChI is InChI=1S/C23H23N3O6S/c1-3-32-23(30)19-13-8-4-7-11-17(13)33-22(19)24-21(29)20-15(27)12-18(28)26(25-20)14-9-5-6-10-16(14)31-2/h5-6,9-10,12,27H,3-4,7-8,11H2,1-2H3,(H,24,29). The van der Waals surface area contributed by atoms with Gasteiger partial charge in [-0.25, -0.2) is 4.79 Å². The molecule has 0 bridgehead atoms. The number of methoxy groups -OCH3 is 1. The summed E-state index contributed by atoms with van der Waals surface area (Å²) in [5.41, 5.74) is 0.575. The maximum atomic E-state index is 13.1. The summed E-state index contributed by atoms with van der Waals surface area (Å²) in [6, 6.07) is 7.60. The van der Waals surface area contributed by atoms with Crippen LogP contribution in [0, 0.1) is 0 Å². The summed E-state index contributed by atoms with van der Waals surface area (Å²) < 4.78 is 11.5. The number of aryl methyl sites for hydroxylation is 1. The summed E-state index contributed by atoms with van der Waals surface area (Å²) in [4.78, 5) is 39.3. The fraction of sp³-hybridized carbons (Fsp3) is 0.304. The molecule has 2 heterocycles. The molecule has 0 radical (unpaired) electrons. The molecule has 2 N–H and O–H groups in total. The summed E-state index contributed by atoms with van der Waals surface area (Å²) in [5, 5.41) is 17.4. The first-order valence-corrected chi connectivity index (χ1v) is 11.4. The number of rotatable bonds is 6. The number of esters is 1. The first-order valence-electron chi connectivity index (χ1n) is 10.5. The number of anilines is 1. The minimum absolute atomic E-state index is 0.211. The Labute approximate surface area is 193 Å². The Hall–Kier alpha value is -3.66. The van der Waals surface area contributed by atoms with E-state index in [1.165, 1.54) is 18.4 Å². The monoisotopic (exact) mass is 469 g/mol. The second-order valence-electron chi connectivity index (χ2n) is 7.39. The zero-order chi connectivity index (χ0) is 23.5. The van der Waals surface area contributed by atoms with Gasteiger partial charge in [0, 0.05) is 10.9 Å². The third kappa shape index (κ3) is 4.34. The number of ether oxygens (including phenoxy) is 2. The van der Waals surface area contributed by atoms with Crippen molar-refractivity contribution in [3.8, 4) is 17.2 Å². The minimum Gasteiger partial charge on any atom is -0.505 e. The number of carbonyl (C=O) groups excluding carboxylic acids is 2. The lowest BCUT2D eigenvalue weighted by Crippen LogP contribution is -2.25. The number of hydrogen-bond acceptors (Lipinski definition) is 8. The molecule has 0 saturated carbocycles. The van der Waals surface area contributed by atoms with Crippen molar-refractivity contribution in [1.82, 2.24) is 9.78 Å². The lowest BCUT2D eigenvalue weighted by atomic mass is 9.95. The van der Waals surface area contributed by atoms with Crippen LogP contribution in [0.5, 0.6) is 11.5 Å². The molecule has 3 aromatic rings. The van der Waals surface area contributed by atoms with Crippen LogP contribution in [-0.4, -0.2) is 40.5 Å². The molecule has 0 saturated heterocycles. The van der Waals surface area contributed by atoms with Gasteiger partial charge in [-0.15, -0.1) is 11.3 Å². The van der Waals surface area contributed by atoms with E-state index < -0.39 is 23.2 Å². The Bertz CT molecular complexity index is 1280. The molecule has 0 unspecified atom stereocenters. The van der Waals surface area contributed by atoms with E-state index in [0.717, 1.165) is 46.9 Å². The summed E-state index contributed by atoms with van der Waals surface area (Å²) in [5.74, 6) is -1.44. The normalized spacial score (nSPS) is 12.7. The maximum absolute atomic E-state index is 13.1. The summed E-state index contributed by atoms with van der Waals surface area (Å²) in [6.07, 6.45) is 3.52. The Morgan fingerprint density at radius 2 is 2.00 bits per heavy atom. The van der Waals surface area contributed by atoms with E-state index in [-0.39, 0.29) is 12.3 Å². The predicted octanol–water partition coefficient (Wildman–Crippen LogP) is 3.32. The number of nitrogens with zero attached hydrogens (tertiary/aromatic N) is 2. The SMILES string of the molecule is CCOC(=O)c1c(NC(=O)c2nn(-c3ccccc3OC)c(=O)cc2O)sc2c1CCCC2. The molecule has 172 valence electrons. The van der Waals surface area contributed by atoms with Crippen LogP contribution in [0.1, 0.15) is 51.1 Å². The van der Waals surface area contributed by atoms with E-state index >= 15 is 0 Å². The topological polar surface area (TPSA) is 120 Å². The van der Waals surface area contributed by atoms with Gasteiger partial charge in [0.05, 0.1) is 19.3 Å². The minimum atomic E-state index is -0.750. The molecular weight excluding hydrogens is 446 g/mol. The molecule has 1 aliphatic rings. The van der Waals surface area contributed by atoms with Gasteiger partial charge < -0.3 is 19.9 Å². The average molecular weight is 470 g/mol. The van der Waals surface area contributed by atoms with E-state index in [9.17, 15) is 19.5 Å². The van der Waals surface area contributed by atoms with Gasteiger partial charge in [0.15, 0.2) is 11.4 Å². The highest BCUT2D eigenvalue weighted by molar-refractivity contribution is 7.17. The molecule has 0 atom stereocenters. The van der Waals surface area contributed by atoms with Crippen LogP contribution in [0.25, 0.3) is 5.69 Å². The molecule has 0 fully saturated rings. The Morgan fingerprint density at radius 3 is 2.76 bits per heavy atom. The Morgan fingerprint density at radius 1 is 1.24 bits per heavy atom. The van der Waals surface area contributed by atoms with Crippen LogP contribution < -0.4 is 15.6 Å². The number of carbonyl (C=O) groups is 2. The molecule has 0 aliphatic heterocycles. The molecular formula is C23H23N3O6S. The largest absolute Gasteiger partial charge is 0.505 e. The number of thiophene rings is 1. The molecule has 2 aromatic heterocycles. The highest BCUT2D eigenvalue weighted by Crippen LogP contribution is 2.39. The first-order chi connectivity index (χ1) is 15.9. The molecule has 9 nitrogen and oxygen atoms in total. The Balaban J connectivity index is 1.74. The zero-order valence-corrected chi connectivity index (χ0v) is 19.0. The van der Waals surface area contributed by atoms with Crippen LogP contribution in [0.2, 0.25) is 0 Å². The zero-order valence-electron chi connectivity index (χ0n) is 18.2. The van der Waals surface area contributed by atoms with Gasteiger partial charge in [0.1, 0.15) is 16.4 Å². The van der Waals surface area contributed by atoms with Crippen LogP contribution in [-0.2, 0) is 17.6 Å². The van der Waals surface area contributed by atoms with Crippen LogP contribution in [0.4, 0.5) is 5.00 Å². The number of aromatic nitrogens is 2. The fourth-order valence-corrected chi connectivity index (χ4v) is 5.09. The number of para-hydroxylation sites is 2. The van der Waals surface area contributed by atoms with E-state index in [1.54, 1.807) is 31.2 Å². The smallest absolute Gasteiger partial charge is 0.341 e. The van der Waals surface area contributed by atoms with Gasteiger partial charge in [-0.2, -0.15) is 9.78 Å². The molecule has 33 heavy (non-hydrogen) atoms. The highest BCUT2D eigenvalue weighted by atomic mass is 32.1. The molecule has 1 amide bonds.